The zero-order valence-corrected chi connectivity index (χ0v) is 14.7. The fourth-order valence-corrected chi connectivity index (χ4v) is 3.33. The highest BCUT2D eigenvalue weighted by Gasteiger charge is 2.36. The average Bonchev–Trinajstić information content (AvgIpc) is 2.41. The predicted octanol–water partition coefficient (Wildman–Crippen LogP) is 6.50. The van der Waals surface area contributed by atoms with Gasteiger partial charge in [-0.1, -0.05) is 76.2 Å². The number of rotatable bonds is 3. The van der Waals surface area contributed by atoms with Crippen LogP contribution in [-0.4, -0.2) is 10.9 Å². The molecule has 0 amide bonds. The molecule has 0 heterocycles. The highest BCUT2D eigenvalue weighted by Crippen LogP contribution is 2.48. The van der Waals surface area contributed by atoms with E-state index in [1.165, 1.54) is 0 Å². The summed E-state index contributed by atoms with van der Waals surface area (Å²) in [7, 11) is 1.59. The number of hydrogen-bond acceptors (Lipinski definition) is 1. The summed E-state index contributed by atoms with van der Waals surface area (Å²) in [6.45, 7) is 0. The average molecular weight is 385 g/mol. The maximum Gasteiger partial charge on any atom is 0.201 e. The first-order chi connectivity index (χ1) is 9.82. The zero-order chi connectivity index (χ0) is 15.6. The second kappa shape index (κ2) is 6.85. The fourth-order valence-electron chi connectivity index (χ4n) is 2.08. The Morgan fingerprint density at radius 2 is 1.57 bits per heavy atom. The SMILES string of the molecule is COc1ccc([C@@H](c2ccc(Cl)cc2Cl)C(Cl)(Cl)Cl)cc1. The van der Waals surface area contributed by atoms with Crippen LogP contribution in [0.5, 0.6) is 5.75 Å². The molecule has 1 nitrogen and oxygen atoms in total. The summed E-state index contributed by atoms with van der Waals surface area (Å²) < 4.78 is 3.59. The quantitative estimate of drug-likeness (QED) is 0.549. The minimum absolute atomic E-state index is 0.453. The van der Waals surface area contributed by atoms with Crippen molar-refractivity contribution in [1.29, 1.82) is 0 Å². The van der Waals surface area contributed by atoms with E-state index >= 15 is 0 Å². The third kappa shape index (κ3) is 4.12. The van der Waals surface area contributed by atoms with Crippen molar-refractivity contribution in [2.45, 2.75) is 9.71 Å². The monoisotopic (exact) mass is 382 g/mol. The van der Waals surface area contributed by atoms with Crippen molar-refractivity contribution in [2.24, 2.45) is 0 Å². The molecule has 0 N–H and O–H groups in total. The molecule has 0 saturated carbocycles. The van der Waals surface area contributed by atoms with Crippen molar-refractivity contribution in [1.82, 2.24) is 0 Å². The van der Waals surface area contributed by atoms with Gasteiger partial charge in [0.2, 0.25) is 3.79 Å². The first-order valence-corrected chi connectivity index (χ1v) is 7.87. The van der Waals surface area contributed by atoms with E-state index in [1.807, 2.05) is 24.3 Å². The lowest BCUT2D eigenvalue weighted by atomic mass is 9.92. The summed E-state index contributed by atoms with van der Waals surface area (Å²) >= 11 is 30.7. The first-order valence-electron chi connectivity index (χ1n) is 5.98. The topological polar surface area (TPSA) is 9.23 Å². The lowest BCUT2D eigenvalue weighted by Gasteiger charge is -2.26. The molecule has 0 aromatic heterocycles. The van der Waals surface area contributed by atoms with E-state index in [1.54, 1.807) is 25.3 Å². The standard InChI is InChI=1S/C15H11Cl5O/c1-21-11-5-2-9(3-6-11)14(15(18,19)20)12-7-4-10(16)8-13(12)17/h2-8,14H,1H3/t14-/m0/s1. The van der Waals surface area contributed by atoms with E-state index in [-0.39, 0.29) is 0 Å². The molecule has 2 aromatic carbocycles. The lowest BCUT2D eigenvalue weighted by Crippen LogP contribution is -2.19. The zero-order valence-electron chi connectivity index (χ0n) is 10.9. The normalized spacial score (nSPS) is 13.0. The van der Waals surface area contributed by atoms with Gasteiger partial charge in [0.1, 0.15) is 5.75 Å². The fraction of sp³-hybridized carbons (Fsp3) is 0.200. The van der Waals surface area contributed by atoms with Crippen LogP contribution < -0.4 is 4.74 Å². The van der Waals surface area contributed by atoms with Crippen LogP contribution in [0.4, 0.5) is 0 Å². The highest BCUT2D eigenvalue weighted by molar-refractivity contribution is 6.68. The summed E-state index contributed by atoms with van der Waals surface area (Å²) in [6.07, 6.45) is 0. The molecule has 0 radical (unpaired) electrons. The smallest absolute Gasteiger partial charge is 0.201 e. The molecule has 6 heteroatoms. The van der Waals surface area contributed by atoms with Gasteiger partial charge in [-0.25, -0.2) is 0 Å². The number of halogens is 5. The van der Waals surface area contributed by atoms with Crippen molar-refractivity contribution in [2.75, 3.05) is 7.11 Å². The molecule has 0 saturated heterocycles. The third-order valence-electron chi connectivity index (χ3n) is 3.05. The van der Waals surface area contributed by atoms with E-state index in [4.69, 9.17) is 62.7 Å². The van der Waals surface area contributed by atoms with Crippen molar-refractivity contribution in [3.05, 3.63) is 63.6 Å². The van der Waals surface area contributed by atoms with Crippen LogP contribution in [0.2, 0.25) is 10.0 Å². The summed E-state index contributed by atoms with van der Waals surface area (Å²) in [5.41, 5.74) is 1.52. The van der Waals surface area contributed by atoms with E-state index in [0.717, 1.165) is 11.3 Å². The van der Waals surface area contributed by atoms with Gasteiger partial charge in [-0.3, -0.25) is 0 Å². The largest absolute Gasteiger partial charge is 0.497 e. The Hall–Kier alpha value is -0.310. The summed E-state index contributed by atoms with van der Waals surface area (Å²) in [4.78, 5) is 0. The molecule has 1 atom stereocenters. The van der Waals surface area contributed by atoms with Gasteiger partial charge >= 0.3 is 0 Å². The van der Waals surface area contributed by atoms with Gasteiger partial charge in [0.05, 0.1) is 13.0 Å². The van der Waals surface area contributed by atoms with Gasteiger partial charge in [0.25, 0.3) is 0 Å². The van der Waals surface area contributed by atoms with Crippen LogP contribution >= 0.6 is 58.0 Å². The Kier molecular flexibility index (Phi) is 5.56. The summed E-state index contributed by atoms with van der Waals surface area (Å²) in [6, 6.07) is 12.4. The Morgan fingerprint density at radius 3 is 2.05 bits per heavy atom. The molecule has 2 aromatic rings. The summed E-state index contributed by atoms with van der Waals surface area (Å²) in [5.74, 6) is 0.210. The van der Waals surface area contributed by atoms with Crippen LogP contribution in [0.15, 0.2) is 42.5 Å². The minimum Gasteiger partial charge on any atom is -0.497 e. The van der Waals surface area contributed by atoms with Crippen LogP contribution in [-0.2, 0) is 0 Å². The molecule has 0 spiro atoms. The Balaban J connectivity index is 2.52. The molecule has 112 valence electrons. The number of ether oxygens (including phenoxy) is 1. The van der Waals surface area contributed by atoms with Gasteiger partial charge in [-0.05, 0) is 35.4 Å². The highest BCUT2D eigenvalue weighted by atomic mass is 35.6. The Labute approximate surface area is 148 Å². The molecule has 0 aliphatic rings. The van der Waals surface area contributed by atoms with Crippen molar-refractivity contribution >= 4 is 58.0 Å². The lowest BCUT2D eigenvalue weighted by molar-refractivity contribution is 0.414. The van der Waals surface area contributed by atoms with Gasteiger partial charge in [-0.15, -0.1) is 0 Å². The third-order valence-corrected chi connectivity index (χ3v) is 4.27. The first kappa shape index (κ1) is 17.1. The maximum absolute atomic E-state index is 6.25. The molecule has 2 rings (SSSR count). The van der Waals surface area contributed by atoms with E-state index in [2.05, 4.69) is 0 Å². The van der Waals surface area contributed by atoms with Gasteiger partial charge in [0, 0.05) is 10.0 Å². The van der Waals surface area contributed by atoms with Crippen LogP contribution in [0.3, 0.4) is 0 Å². The van der Waals surface area contributed by atoms with Crippen LogP contribution in [0.1, 0.15) is 17.0 Å². The van der Waals surface area contributed by atoms with Crippen molar-refractivity contribution < 1.29 is 4.74 Å². The van der Waals surface area contributed by atoms with E-state index in [9.17, 15) is 0 Å². The number of benzene rings is 2. The maximum atomic E-state index is 6.25. The molecule has 0 aliphatic carbocycles. The second-order valence-electron chi connectivity index (χ2n) is 4.41. The number of alkyl halides is 3. The second-order valence-corrected chi connectivity index (χ2v) is 7.63. The van der Waals surface area contributed by atoms with Gasteiger partial charge in [0.15, 0.2) is 0 Å². The van der Waals surface area contributed by atoms with E-state index in [0.29, 0.717) is 15.6 Å². The van der Waals surface area contributed by atoms with Gasteiger partial charge in [-0.2, -0.15) is 0 Å². The minimum atomic E-state index is -1.55. The number of hydrogen-bond donors (Lipinski definition) is 0. The molecular formula is C15H11Cl5O. The molecule has 0 aliphatic heterocycles. The Morgan fingerprint density at radius 1 is 0.952 bits per heavy atom. The molecule has 0 unspecified atom stereocenters. The summed E-state index contributed by atoms with van der Waals surface area (Å²) in [5, 5.41) is 0.983. The van der Waals surface area contributed by atoms with E-state index < -0.39 is 9.71 Å². The van der Waals surface area contributed by atoms with Crippen molar-refractivity contribution in [3.63, 3.8) is 0 Å². The van der Waals surface area contributed by atoms with Gasteiger partial charge < -0.3 is 4.74 Å². The molecule has 21 heavy (non-hydrogen) atoms. The van der Waals surface area contributed by atoms with Crippen LogP contribution in [0.25, 0.3) is 0 Å². The molecule has 0 fully saturated rings. The van der Waals surface area contributed by atoms with Crippen molar-refractivity contribution in [3.8, 4) is 5.75 Å². The molecular weight excluding hydrogens is 373 g/mol. The predicted molar refractivity (Wildman–Crippen MR) is 91.6 cm³/mol. The number of methoxy groups -OCH3 is 1. The molecule has 0 bridgehead atoms. The Bertz CT molecular complexity index is 619. The van der Waals surface area contributed by atoms with Crippen LogP contribution in [0, 0.1) is 0 Å².